The molecule has 0 aliphatic heterocycles. The molecule has 0 fully saturated rings. The summed E-state index contributed by atoms with van der Waals surface area (Å²) < 4.78 is 45.1. The van der Waals surface area contributed by atoms with Crippen LogP contribution in [0.2, 0.25) is 0 Å². The van der Waals surface area contributed by atoms with E-state index in [0.717, 1.165) is 52.9 Å². The Balaban J connectivity index is 1.82. The summed E-state index contributed by atoms with van der Waals surface area (Å²) in [6, 6.07) is 18.3. The summed E-state index contributed by atoms with van der Waals surface area (Å²) in [5.41, 5.74) is 4.68. The highest BCUT2D eigenvalue weighted by Crippen LogP contribution is 2.39. The third-order valence-corrected chi connectivity index (χ3v) is 5.83. The van der Waals surface area contributed by atoms with Crippen LogP contribution in [0.25, 0.3) is 33.2 Å². The Morgan fingerprint density at radius 3 is 2.18 bits per heavy atom. The summed E-state index contributed by atoms with van der Waals surface area (Å²) in [6.07, 6.45) is -2.66. The minimum atomic E-state index is -4.40. The molecule has 1 N–H and O–H groups in total. The van der Waals surface area contributed by atoms with Gasteiger partial charge in [-0.2, -0.15) is 18.4 Å². The molecule has 0 saturated carbocycles. The van der Waals surface area contributed by atoms with Gasteiger partial charge in [-0.25, -0.2) is 0 Å². The lowest BCUT2D eigenvalue weighted by molar-refractivity contribution is -0.137. The van der Waals surface area contributed by atoms with E-state index in [2.05, 4.69) is 16.3 Å². The number of likely N-dealkylation sites (N-methyl/N-ethyl adjacent to an activating group) is 2. The van der Waals surface area contributed by atoms with E-state index in [-0.39, 0.29) is 0 Å². The zero-order chi connectivity index (χ0) is 24.3. The molecular weight excluding hydrogens is 439 g/mol. The molecule has 1 aromatic heterocycles. The molecule has 0 saturated heterocycles. The fourth-order valence-corrected chi connectivity index (χ4v) is 3.96. The number of nitrogens with zero attached hydrogens (tertiary/aromatic N) is 2. The average Bonchev–Trinajstić information content (AvgIpc) is 3.23. The summed E-state index contributed by atoms with van der Waals surface area (Å²) in [4.78, 5) is 2.19. The topological polar surface area (TPSA) is 52.2 Å². The van der Waals surface area contributed by atoms with E-state index in [1.54, 1.807) is 18.4 Å². The Hall–Kier alpha value is -3.60. The van der Waals surface area contributed by atoms with E-state index in [0.29, 0.717) is 23.3 Å². The quantitative estimate of drug-likeness (QED) is 0.349. The zero-order valence-corrected chi connectivity index (χ0v) is 18.9. The smallest absolute Gasteiger partial charge is 0.416 e. The molecule has 0 bridgehead atoms. The van der Waals surface area contributed by atoms with Crippen LogP contribution in [-0.2, 0) is 12.7 Å². The fourth-order valence-electron chi connectivity index (χ4n) is 3.96. The molecule has 7 heteroatoms. The van der Waals surface area contributed by atoms with Gasteiger partial charge in [0, 0.05) is 30.6 Å². The molecule has 0 aliphatic rings. The highest BCUT2D eigenvalue weighted by molar-refractivity contribution is 5.95. The predicted octanol–water partition coefficient (Wildman–Crippen LogP) is 6.31. The highest BCUT2D eigenvalue weighted by atomic mass is 19.4. The number of benzene rings is 3. The Kier molecular flexibility index (Phi) is 6.73. The summed E-state index contributed by atoms with van der Waals surface area (Å²) in [6.45, 7) is 2.43. The zero-order valence-electron chi connectivity index (χ0n) is 18.9. The number of alkyl halides is 3. The third kappa shape index (κ3) is 4.98. The summed E-state index contributed by atoms with van der Waals surface area (Å²) in [7, 11) is 3.95. The number of nitrogens with one attached hydrogen (secondary N) is 1. The lowest BCUT2D eigenvalue weighted by Gasteiger charge is -2.16. The van der Waals surface area contributed by atoms with Crippen LogP contribution in [-0.4, -0.2) is 32.1 Å². The Bertz CT molecular complexity index is 1320. The Labute approximate surface area is 196 Å². The number of hydrogen-bond donors (Lipinski definition) is 1. The van der Waals surface area contributed by atoms with E-state index in [1.807, 2.05) is 38.4 Å². The third-order valence-electron chi connectivity index (χ3n) is 5.83. The first-order valence-corrected chi connectivity index (χ1v) is 10.9. The molecular formula is C27H24F3N3O. The van der Waals surface area contributed by atoms with Crippen LogP contribution < -0.4 is 5.32 Å². The van der Waals surface area contributed by atoms with Gasteiger partial charge in [-0.1, -0.05) is 24.3 Å². The molecule has 4 rings (SSSR count). The standard InChI is InChI=1S/C27H24F3N3O/c1-32-11-12-33(2)16-21-17-34-26-14-24(20-7-9-22(10-8-20)27(28,29)30)23(13-25(21)26)19-5-3-18(15-31)4-6-19/h3-10,13-14,17,32H,11-12,16H2,1-2H3. The second kappa shape index (κ2) is 9.72. The monoisotopic (exact) mass is 463 g/mol. The van der Waals surface area contributed by atoms with Gasteiger partial charge in [-0.15, -0.1) is 0 Å². The van der Waals surface area contributed by atoms with Gasteiger partial charge in [-0.3, -0.25) is 0 Å². The van der Waals surface area contributed by atoms with Crippen LogP contribution in [0.1, 0.15) is 16.7 Å². The lowest BCUT2D eigenvalue weighted by atomic mass is 9.91. The van der Waals surface area contributed by atoms with Gasteiger partial charge in [0.05, 0.1) is 23.5 Å². The second-order valence-electron chi connectivity index (χ2n) is 8.26. The number of fused-ring (bicyclic) bond motifs is 1. The van der Waals surface area contributed by atoms with Crippen LogP contribution in [0.15, 0.2) is 71.3 Å². The minimum absolute atomic E-state index is 0.538. The Morgan fingerprint density at radius 2 is 1.59 bits per heavy atom. The van der Waals surface area contributed by atoms with Crippen LogP contribution in [0.5, 0.6) is 0 Å². The molecule has 0 amide bonds. The maximum atomic E-state index is 13.1. The van der Waals surface area contributed by atoms with Crippen molar-refractivity contribution >= 4 is 11.0 Å². The van der Waals surface area contributed by atoms with E-state index < -0.39 is 11.7 Å². The molecule has 34 heavy (non-hydrogen) atoms. The van der Waals surface area contributed by atoms with Crippen molar-refractivity contribution in [2.75, 3.05) is 27.2 Å². The first-order chi connectivity index (χ1) is 16.3. The van der Waals surface area contributed by atoms with E-state index >= 15 is 0 Å². The number of nitriles is 1. The van der Waals surface area contributed by atoms with Crippen LogP contribution >= 0.6 is 0 Å². The average molecular weight is 464 g/mol. The van der Waals surface area contributed by atoms with Crippen molar-refractivity contribution in [3.05, 3.63) is 83.6 Å². The van der Waals surface area contributed by atoms with Crippen molar-refractivity contribution in [1.82, 2.24) is 10.2 Å². The van der Waals surface area contributed by atoms with Gasteiger partial charge in [0.1, 0.15) is 5.58 Å². The normalized spacial score (nSPS) is 11.8. The maximum Gasteiger partial charge on any atom is 0.416 e. The number of furan rings is 1. The summed E-state index contributed by atoms with van der Waals surface area (Å²) in [5, 5.41) is 13.2. The molecule has 0 atom stereocenters. The van der Waals surface area contributed by atoms with Gasteiger partial charge in [-0.05, 0) is 72.7 Å². The van der Waals surface area contributed by atoms with Crippen molar-refractivity contribution in [3.8, 4) is 28.3 Å². The van der Waals surface area contributed by atoms with Crippen molar-refractivity contribution < 1.29 is 17.6 Å². The van der Waals surface area contributed by atoms with Gasteiger partial charge in [0.2, 0.25) is 0 Å². The van der Waals surface area contributed by atoms with Crippen LogP contribution in [0, 0.1) is 11.3 Å². The van der Waals surface area contributed by atoms with Crippen molar-refractivity contribution in [3.63, 3.8) is 0 Å². The molecule has 1 heterocycles. The van der Waals surface area contributed by atoms with E-state index in [4.69, 9.17) is 9.68 Å². The Morgan fingerprint density at radius 1 is 0.971 bits per heavy atom. The maximum absolute atomic E-state index is 13.1. The van der Waals surface area contributed by atoms with Gasteiger partial charge in [0.25, 0.3) is 0 Å². The molecule has 0 unspecified atom stereocenters. The molecule has 0 radical (unpaired) electrons. The molecule has 0 spiro atoms. The van der Waals surface area contributed by atoms with Gasteiger partial charge in [0.15, 0.2) is 0 Å². The summed E-state index contributed by atoms with van der Waals surface area (Å²) >= 11 is 0. The van der Waals surface area contributed by atoms with E-state index in [9.17, 15) is 13.2 Å². The SMILES string of the molecule is CNCCN(C)Cc1coc2cc(-c3ccc(C(F)(F)F)cc3)c(-c3ccc(C#N)cc3)cc12. The number of hydrogen-bond acceptors (Lipinski definition) is 4. The van der Waals surface area contributed by atoms with Crippen LogP contribution in [0.3, 0.4) is 0 Å². The first kappa shape index (κ1) is 23.6. The van der Waals surface area contributed by atoms with Crippen LogP contribution in [0.4, 0.5) is 13.2 Å². The molecule has 174 valence electrons. The molecule has 4 nitrogen and oxygen atoms in total. The number of halogens is 3. The molecule has 3 aromatic carbocycles. The second-order valence-corrected chi connectivity index (χ2v) is 8.26. The van der Waals surface area contributed by atoms with Gasteiger partial charge >= 0.3 is 6.18 Å². The molecule has 0 aliphatic carbocycles. The van der Waals surface area contributed by atoms with Gasteiger partial charge < -0.3 is 14.6 Å². The fraction of sp³-hybridized carbons (Fsp3) is 0.222. The van der Waals surface area contributed by atoms with Crippen molar-refractivity contribution in [2.45, 2.75) is 12.7 Å². The molecule has 4 aromatic rings. The van der Waals surface area contributed by atoms with Crippen molar-refractivity contribution in [1.29, 1.82) is 5.26 Å². The predicted molar refractivity (Wildman–Crippen MR) is 127 cm³/mol. The number of rotatable bonds is 7. The first-order valence-electron chi connectivity index (χ1n) is 10.9. The van der Waals surface area contributed by atoms with E-state index in [1.165, 1.54) is 12.1 Å². The lowest BCUT2D eigenvalue weighted by Crippen LogP contribution is -2.26. The highest BCUT2D eigenvalue weighted by Gasteiger charge is 2.30. The largest absolute Gasteiger partial charge is 0.464 e. The minimum Gasteiger partial charge on any atom is -0.464 e. The van der Waals surface area contributed by atoms with Crippen molar-refractivity contribution in [2.24, 2.45) is 0 Å². The summed E-state index contributed by atoms with van der Waals surface area (Å²) in [5.74, 6) is 0.